The van der Waals surface area contributed by atoms with Gasteiger partial charge in [0, 0.05) is 12.3 Å². The Balaban J connectivity index is 2.41. The van der Waals surface area contributed by atoms with Crippen LogP contribution in [0.3, 0.4) is 0 Å². The van der Waals surface area contributed by atoms with Crippen LogP contribution in [0.4, 0.5) is 5.69 Å². The largest absolute Gasteiger partial charge is 0.417 e. The molecular formula is C12H11N5O4. The monoisotopic (exact) mass is 289 g/mol. The van der Waals surface area contributed by atoms with E-state index in [-0.39, 0.29) is 29.0 Å². The van der Waals surface area contributed by atoms with Gasteiger partial charge < -0.3 is 15.7 Å². The first-order valence-corrected chi connectivity index (χ1v) is 5.75. The maximum absolute atomic E-state index is 11.0. The van der Waals surface area contributed by atoms with E-state index in [4.69, 9.17) is 15.7 Å². The molecule has 0 saturated carbocycles. The highest BCUT2D eigenvalue weighted by Gasteiger charge is 2.19. The Kier molecular flexibility index (Phi) is 3.93. The molecule has 2 rings (SSSR count). The van der Waals surface area contributed by atoms with Gasteiger partial charge in [-0.1, -0.05) is 17.3 Å². The number of hydrogen-bond acceptors (Lipinski definition) is 7. The molecule has 3 N–H and O–H groups in total. The first-order valence-electron chi connectivity index (χ1n) is 5.75. The van der Waals surface area contributed by atoms with Gasteiger partial charge in [-0.2, -0.15) is 4.98 Å². The number of aryl methyl sites for hydroxylation is 1. The average molecular weight is 289 g/mol. The molecule has 1 aromatic carbocycles. The molecule has 0 spiro atoms. The van der Waals surface area contributed by atoms with Gasteiger partial charge in [-0.25, -0.2) is 4.98 Å². The van der Waals surface area contributed by atoms with Gasteiger partial charge in [0.15, 0.2) is 5.84 Å². The zero-order chi connectivity index (χ0) is 15.4. The van der Waals surface area contributed by atoms with Crippen LogP contribution in [0, 0.1) is 17.0 Å². The lowest BCUT2D eigenvalue weighted by molar-refractivity contribution is -0.385. The van der Waals surface area contributed by atoms with Gasteiger partial charge in [-0.3, -0.25) is 10.1 Å². The van der Waals surface area contributed by atoms with Gasteiger partial charge in [0.25, 0.3) is 0 Å². The van der Waals surface area contributed by atoms with Crippen molar-refractivity contribution in [3.63, 3.8) is 0 Å². The maximum Gasteiger partial charge on any atom is 0.322 e. The van der Waals surface area contributed by atoms with Crippen molar-refractivity contribution in [2.45, 2.75) is 6.92 Å². The molecule has 1 heterocycles. The number of oxime groups is 1. The summed E-state index contributed by atoms with van der Waals surface area (Å²) in [7, 11) is 0. The molecule has 9 heteroatoms. The molecule has 1 aromatic heterocycles. The third-order valence-corrected chi connectivity index (χ3v) is 2.58. The van der Waals surface area contributed by atoms with Crippen LogP contribution in [0.1, 0.15) is 11.3 Å². The van der Waals surface area contributed by atoms with Crippen molar-refractivity contribution in [1.29, 1.82) is 0 Å². The van der Waals surface area contributed by atoms with E-state index in [0.29, 0.717) is 5.56 Å². The fraction of sp³-hybridized carbons (Fsp3) is 0.0833. The highest BCUT2D eigenvalue weighted by molar-refractivity contribution is 5.95. The summed E-state index contributed by atoms with van der Waals surface area (Å²) in [6.07, 6.45) is 1.33. The normalized spacial score (nSPS) is 11.2. The van der Waals surface area contributed by atoms with Gasteiger partial charge >= 0.3 is 11.7 Å². The number of ether oxygens (including phenoxy) is 1. The lowest BCUT2D eigenvalue weighted by atomic mass is 10.2. The molecule has 21 heavy (non-hydrogen) atoms. The molecule has 0 radical (unpaired) electrons. The van der Waals surface area contributed by atoms with Crippen LogP contribution in [-0.4, -0.2) is 25.9 Å². The molecular weight excluding hydrogens is 278 g/mol. The summed E-state index contributed by atoms with van der Waals surface area (Å²) in [4.78, 5) is 18.2. The smallest absolute Gasteiger partial charge is 0.322 e. The predicted octanol–water partition coefficient (Wildman–Crippen LogP) is 1.58. The molecule has 2 aromatic rings. The second kappa shape index (κ2) is 5.82. The van der Waals surface area contributed by atoms with Gasteiger partial charge in [0.1, 0.15) is 5.69 Å². The zero-order valence-electron chi connectivity index (χ0n) is 10.9. The topological polar surface area (TPSA) is 137 Å². The summed E-state index contributed by atoms with van der Waals surface area (Å²) in [5, 5.41) is 22.4. The number of para-hydroxylation sites is 1. The van der Waals surface area contributed by atoms with E-state index in [1.807, 2.05) is 0 Å². The van der Waals surface area contributed by atoms with Crippen LogP contribution >= 0.6 is 0 Å². The lowest BCUT2D eigenvalue weighted by Crippen LogP contribution is -2.15. The SMILES string of the molecule is Cc1cccc([N+](=O)[O-])c1Oc1nccc(/C(N)=N/O)n1. The lowest BCUT2D eigenvalue weighted by Gasteiger charge is -2.07. The molecule has 0 aliphatic rings. The minimum absolute atomic E-state index is 0.0409. The number of rotatable bonds is 4. The summed E-state index contributed by atoms with van der Waals surface area (Å²) in [6, 6.07) is 5.80. The zero-order valence-corrected chi connectivity index (χ0v) is 10.9. The molecule has 0 fully saturated rings. The van der Waals surface area contributed by atoms with E-state index in [0.717, 1.165) is 0 Å². The van der Waals surface area contributed by atoms with Crippen molar-refractivity contribution >= 4 is 11.5 Å². The molecule has 0 atom stereocenters. The van der Waals surface area contributed by atoms with Crippen molar-refractivity contribution in [3.05, 3.63) is 51.8 Å². The minimum Gasteiger partial charge on any atom is -0.417 e. The van der Waals surface area contributed by atoms with E-state index in [2.05, 4.69) is 15.1 Å². The standard InChI is InChI=1S/C12H11N5O4/c1-7-3-2-4-9(17(19)20)10(7)21-12-14-6-5-8(15-12)11(13)16-18/h2-6,18H,1H3,(H2,13,16). The maximum atomic E-state index is 11.0. The van der Waals surface area contributed by atoms with Crippen LogP contribution in [-0.2, 0) is 0 Å². The third kappa shape index (κ3) is 3.03. The number of aromatic nitrogens is 2. The first kappa shape index (κ1) is 14.2. The Hall–Kier alpha value is -3.23. The molecule has 9 nitrogen and oxygen atoms in total. The van der Waals surface area contributed by atoms with Gasteiger partial charge in [-0.05, 0) is 18.6 Å². The van der Waals surface area contributed by atoms with Crippen LogP contribution in [0.2, 0.25) is 0 Å². The van der Waals surface area contributed by atoms with E-state index in [1.165, 1.54) is 18.3 Å². The molecule has 0 aliphatic carbocycles. The highest BCUT2D eigenvalue weighted by Crippen LogP contribution is 2.32. The van der Waals surface area contributed by atoms with Gasteiger partial charge in [-0.15, -0.1) is 0 Å². The molecule has 0 amide bonds. The average Bonchev–Trinajstić information content (AvgIpc) is 2.48. The highest BCUT2D eigenvalue weighted by atomic mass is 16.6. The van der Waals surface area contributed by atoms with Crippen molar-refractivity contribution in [1.82, 2.24) is 9.97 Å². The summed E-state index contributed by atoms with van der Waals surface area (Å²) in [5.74, 6) is -0.180. The van der Waals surface area contributed by atoms with E-state index in [9.17, 15) is 10.1 Å². The van der Waals surface area contributed by atoms with Crippen molar-refractivity contribution < 1.29 is 14.9 Å². The summed E-state index contributed by atoms with van der Waals surface area (Å²) >= 11 is 0. The molecule has 0 bridgehead atoms. The van der Waals surface area contributed by atoms with Crippen molar-refractivity contribution in [3.8, 4) is 11.8 Å². The van der Waals surface area contributed by atoms with Crippen molar-refractivity contribution in [2.24, 2.45) is 10.9 Å². The van der Waals surface area contributed by atoms with Crippen LogP contribution in [0.25, 0.3) is 0 Å². The number of hydrogen-bond donors (Lipinski definition) is 2. The third-order valence-electron chi connectivity index (χ3n) is 2.58. The summed E-state index contributed by atoms with van der Waals surface area (Å²) < 4.78 is 5.38. The second-order valence-corrected chi connectivity index (χ2v) is 3.99. The number of nitrogens with zero attached hydrogens (tertiary/aromatic N) is 4. The van der Waals surface area contributed by atoms with Crippen LogP contribution < -0.4 is 10.5 Å². The van der Waals surface area contributed by atoms with E-state index < -0.39 is 4.92 Å². The fourth-order valence-corrected chi connectivity index (χ4v) is 1.59. The molecule has 0 saturated heterocycles. The number of amidine groups is 1. The molecule has 0 aliphatic heterocycles. The second-order valence-electron chi connectivity index (χ2n) is 3.99. The Labute approximate surface area is 118 Å². The Morgan fingerprint density at radius 2 is 2.24 bits per heavy atom. The quantitative estimate of drug-likeness (QED) is 0.286. The molecule has 0 unspecified atom stereocenters. The number of benzene rings is 1. The van der Waals surface area contributed by atoms with Crippen molar-refractivity contribution in [2.75, 3.05) is 0 Å². The fourth-order valence-electron chi connectivity index (χ4n) is 1.59. The number of nitrogens with two attached hydrogens (primary N) is 1. The number of nitro benzene ring substituents is 1. The number of nitro groups is 1. The van der Waals surface area contributed by atoms with Crippen LogP contribution in [0.15, 0.2) is 35.6 Å². The van der Waals surface area contributed by atoms with E-state index in [1.54, 1.807) is 19.1 Å². The van der Waals surface area contributed by atoms with Gasteiger partial charge in [0.05, 0.1) is 4.92 Å². The minimum atomic E-state index is -0.560. The van der Waals surface area contributed by atoms with Gasteiger partial charge in [0.2, 0.25) is 5.75 Å². The predicted molar refractivity (Wildman–Crippen MR) is 72.5 cm³/mol. The summed E-state index contributed by atoms with van der Waals surface area (Å²) in [5.41, 5.74) is 5.90. The first-order chi connectivity index (χ1) is 10.0. The van der Waals surface area contributed by atoms with E-state index >= 15 is 0 Å². The summed E-state index contributed by atoms with van der Waals surface area (Å²) in [6.45, 7) is 1.66. The Morgan fingerprint density at radius 3 is 2.90 bits per heavy atom. The molecule has 108 valence electrons. The Morgan fingerprint density at radius 1 is 1.48 bits per heavy atom. The van der Waals surface area contributed by atoms with Crippen LogP contribution in [0.5, 0.6) is 11.8 Å². The Bertz CT molecular complexity index is 717.